The maximum absolute atomic E-state index is 13.5. The lowest BCUT2D eigenvalue weighted by Crippen LogP contribution is -2.41. The number of fused-ring (bicyclic) bond motifs is 1. The molecule has 7 heteroatoms. The summed E-state index contributed by atoms with van der Waals surface area (Å²) in [6.07, 6.45) is 0. The first kappa shape index (κ1) is 21.7. The fourth-order valence-electron chi connectivity index (χ4n) is 4.26. The third kappa shape index (κ3) is 4.51. The molecule has 1 aliphatic heterocycles. The van der Waals surface area contributed by atoms with E-state index in [1.165, 1.54) is 0 Å². The molecule has 34 heavy (non-hydrogen) atoms. The first-order valence-corrected chi connectivity index (χ1v) is 11.4. The van der Waals surface area contributed by atoms with Gasteiger partial charge in [0.15, 0.2) is 0 Å². The molecular formula is C27H26N4O3. The molecule has 7 nitrogen and oxygen atoms in total. The van der Waals surface area contributed by atoms with Crippen molar-refractivity contribution >= 4 is 28.5 Å². The quantitative estimate of drug-likeness (QED) is 0.411. The predicted octanol–water partition coefficient (Wildman–Crippen LogP) is 4.63. The van der Waals surface area contributed by atoms with Crippen molar-refractivity contribution in [3.8, 4) is 11.1 Å². The lowest BCUT2D eigenvalue weighted by Gasteiger charge is -2.26. The van der Waals surface area contributed by atoms with Crippen LogP contribution in [0, 0.1) is 0 Å². The Hall–Kier alpha value is -4.10. The number of amides is 3. The van der Waals surface area contributed by atoms with E-state index in [0.29, 0.717) is 49.7 Å². The molecule has 1 aliphatic rings. The number of nitrogens with zero attached hydrogens (tertiary/aromatic N) is 1. The van der Waals surface area contributed by atoms with Crippen molar-refractivity contribution in [1.82, 2.24) is 15.2 Å². The van der Waals surface area contributed by atoms with Gasteiger partial charge >= 0.3 is 6.03 Å². The Morgan fingerprint density at radius 2 is 1.59 bits per heavy atom. The van der Waals surface area contributed by atoms with Gasteiger partial charge in [-0.05, 0) is 17.2 Å². The Labute approximate surface area is 197 Å². The van der Waals surface area contributed by atoms with Gasteiger partial charge in [-0.15, -0.1) is 0 Å². The number of hydrogen-bond acceptors (Lipinski definition) is 3. The number of aromatic nitrogens is 1. The van der Waals surface area contributed by atoms with Crippen LogP contribution in [0.15, 0.2) is 78.9 Å². The number of morpholine rings is 1. The molecule has 0 radical (unpaired) electrons. The van der Waals surface area contributed by atoms with Crippen LogP contribution >= 0.6 is 0 Å². The van der Waals surface area contributed by atoms with Crippen LogP contribution in [-0.2, 0) is 11.3 Å². The second-order valence-electron chi connectivity index (χ2n) is 8.17. The molecule has 0 saturated carbocycles. The number of carbonyl (C=O) groups is 2. The maximum Gasteiger partial charge on any atom is 0.319 e. The number of anilines is 1. The van der Waals surface area contributed by atoms with Crippen molar-refractivity contribution in [1.29, 1.82) is 0 Å². The van der Waals surface area contributed by atoms with Gasteiger partial charge in [-0.1, -0.05) is 72.8 Å². The van der Waals surface area contributed by atoms with Gasteiger partial charge in [0.1, 0.15) is 5.69 Å². The standard InChI is InChI=1S/C27H26N4O3/c32-26(31-14-16-34-17-15-31)25-23(20-10-5-2-6-11-20)21-12-7-13-22(24(21)30-25)29-27(33)28-18-19-8-3-1-4-9-19/h1-13,30H,14-18H2,(H2,28,29,33). The van der Waals surface area contributed by atoms with E-state index in [0.717, 1.165) is 22.1 Å². The molecule has 0 aliphatic carbocycles. The Bertz CT molecular complexity index is 1300. The van der Waals surface area contributed by atoms with E-state index in [9.17, 15) is 9.59 Å². The highest BCUT2D eigenvalue weighted by atomic mass is 16.5. The number of aromatic amines is 1. The highest BCUT2D eigenvalue weighted by molar-refractivity contribution is 6.13. The van der Waals surface area contributed by atoms with Crippen LogP contribution in [-0.4, -0.2) is 48.1 Å². The van der Waals surface area contributed by atoms with Crippen molar-refractivity contribution in [2.24, 2.45) is 0 Å². The molecule has 5 rings (SSSR count). The average molecular weight is 455 g/mol. The molecule has 0 atom stereocenters. The average Bonchev–Trinajstić information content (AvgIpc) is 3.29. The van der Waals surface area contributed by atoms with Gasteiger partial charge in [0.25, 0.3) is 5.91 Å². The van der Waals surface area contributed by atoms with E-state index >= 15 is 0 Å². The topological polar surface area (TPSA) is 86.5 Å². The summed E-state index contributed by atoms with van der Waals surface area (Å²) in [7, 11) is 0. The summed E-state index contributed by atoms with van der Waals surface area (Å²) in [6, 6.07) is 25.0. The van der Waals surface area contributed by atoms with Crippen molar-refractivity contribution in [2.45, 2.75) is 6.54 Å². The molecule has 1 fully saturated rings. The summed E-state index contributed by atoms with van der Waals surface area (Å²) in [5, 5.41) is 6.70. The minimum absolute atomic E-state index is 0.0715. The number of benzene rings is 3. The van der Waals surface area contributed by atoms with Crippen molar-refractivity contribution in [2.75, 3.05) is 31.6 Å². The third-order valence-corrected chi connectivity index (χ3v) is 5.95. The van der Waals surface area contributed by atoms with Crippen LogP contribution in [0.25, 0.3) is 22.0 Å². The zero-order valence-electron chi connectivity index (χ0n) is 18.7. The molecule has 1 aromatic heterocycles. The molecule has 0 bridgehead atoms. The van der Waals surface area contributed by atoms with Gasteiger partial charge in [-0.2, -0.15) is 0 Å². The zero-order chi connectivity index (χ0) is 23.3. The Morgan fingerprint density at radius 1 is 0.882 bits per heavy atom. The second-order valence-corrected chi connectivity index (χ2v) is 8.17. The van der Waals surface area contributed by atoms with Gasteiger partial charge in [-0.3, -0.25) is 4.79 Å². The summed E-state index contributed by atoms with van der Waals surface area (Å²) in [5.74, 6) is -0.0715. The first-order chi connectivity index (χ1) is 16.7. The van der Waals surface area contributed by atoms with Crippen LogP contribution in [0.3, 0.4) is 0 Å². The normalized spacial score (nSPS) is 13.6. The summed E-state index contributed by atoms with van der Waals surface area (Å²) in [4.78, 5) is 31.3. The van der Waals surface area contributed by atoms with Crippen LogP contribution in [0.2, 0.25) is 0 Å². The minimum atomic E-state index is -0.312. The Kier molecular flexibility index (Phi) is 6.27. The SMILES string of the molecule is O=C(NCc1ccccc1)Nc1cccc2c(-c3ccccc3)c(C(=O)N3CCOCC3)[nH]c12. The highest BCUT2D eigenvalue weighted by Gasteiger charge is 2.26. The number of hydrogen-bond donors (Lipinski definition) is 3. The van der Waals surface area contributed by atoms with Gasteiger partial charge in [0.2, 0.25) is 0 Å². The lowest BCUT2D eigenvalue weighted by molar-refractivity contribution is 0.0300. The number of nitrogens with one attached hydrogen (secondary N) is 3. The van der Waals surface area contributed by atoms with Crippen LogP contribution < -0.4 is 10.6 Å². The van der Waals surface area contributed by atoms with Crippen LogP contribution in [0.4, 0.5) is 10.5 Å². The monoisotopic (exact) mass is 454 g/mol. The summed E-state index contributed by atoms with van der Waals surface area (Å²) in [6.45, 7) is 2.58. The van der Waals surface area contributed by atoms with Gasteiger partial charge in [0.05, 0.1) is 24.4 Å². The number of carbonyl (C=O) groups excluding carboxylic acids is 2. The van der Waals surface area contributed by atoms with E-state index in [1.807, 2.05) is 78.9 Å². The summed E-state index contributed by atoms with van der Waals surface area (Å²) < 4.78 is 5.42. The highest BCUT2D eigenvalue weighted by Crippen LogP contribution is 2.36. The van der Waals surface area contributed by atoms with Gasteiger partial charge < -0.3 is 25.3 Å². The van der Waals surface area contributed by atoms with Crippen LogP contribution in [0.5, 0.6) is 0 Å². The molecule has 0 spiro atoms. The second kappa shape index (κ2) is 9.80. The fourth-order valence-corrected chi connectivity index (χ4v) is 4.26. The molecule has 3 amide bonds. The minimum Gasteiger partial charge on any atom is -0.378 e. The van der Waals surface area contributed by atoms with E-state index in [1.54, 1.807) is 4.90 Å². The zero-order valence-corrected chi connectivity index (χ0v) is 18.7. The third-order valence-electron chi connectivity index (χ3n) is 5.95. The maximum atomic E-state index is 13.5. The van der Waals surface area contributed by atoms with E-state index < -0.39 is 0 Å². The number of H-pyrrole nitrogens is 1. The van der Waals surface area contributed by atoms with Gasteiger partial charge in [-0.25, -0.2) is 4.79 Å². The first-order valence-electron chi connectivity index (χ1n) is 11.4. The summed E-state index contributed by atoms with van der Waals surface area (Å²) >= 11 is 0. The lowest BCUT2D eigenvalue weighted by atomic mass is 10.0. The van der Waals surface area contributed by atoms with Gasteiger partial charge in [0, 0.05) is 30.6 Å². The largest absolute Gasteiger partial charge is 0.378 e. The smallest absolute Gasteiger partial charge is 0.319 e. The number of rotatable bonds is 5. The molecule has 2 heterocycles. The van der Waals surface area contributed by atoms with Crippen molar-refractivity contribution < 1.29 is 14.3 Å². The number of ether oxygens (including phenoxy) is 1. The van der Waals surface area contributed by atoms with E-state index in [2.05, 4.69) is 15.6 Å². The van der Waals surface area contributed by atoms with E-state index in [4.69, 9.17) is 4.74 Å². The predicted molar refractivity (Wildman–Crippen MR) is 133 cm³/mol. The number of urea groups is 1. The molecule has 4 aromatic rings. The van der Waals surface area contributed by atoms with Crippen molar-refractivity contribution in [3.63, 3.8) is 0 Å². The summed E-state index contributed by atoms with van der Waals surface area (Å²) in [5.41, 5.74) is 4.63. The number of para-hydroxylation sites is 1. The Balaban J connectivity index is 1.49. The fraction of sp³-hybridized carbons (Fsp3) is 0.185. The van der Waals surface area contributed by atoms with Crippen molar-refractivity contribution in [3.05, 3.63) is 90.1 Å². The molecule has 172 valence electrons. The Morgan fingerprint density at radius 3 is 2.32 bits per heavy atom. The molecule has 3 N–H and O–H groups in total. The molecular weight excluding hydrogens is 428 g/mol. The molecule has 1 saturated heterocycles. The van der Waals surface area contributed by atoms with E-state index in [-0.39, 0.29) is 11.9 Å². The molecule has 0 unspecified atom stereocenters. The molecule has 3 aromatic carbocycles. The van der Waals surface area contributed by atoms with Crippen LogP contribution in [0.1, 0.15) is 16.1 Å².